The third-order valence-corrected chi connectivity index (χ3v) is 3.16. The highest BCUT2D eigenvalue weighted by Gasteiger charge is 2.14. The Balaban J connectivity index is 2.64. The molecule has 4 heteroatoms. The highest BCUT2D eigenvalue weighted by atomic mass is 35.5. The van der Waals surface area contributed by atoms with E-state index in [4.69, 9.17) is 23.2 Å². The molecule has 2 aromatic carbocycles. The number of benzene rings is 2. The molecule has 0 fully saturated rings. The summed E-state index contributed by atoms with van der Waals surface area (Å²) in [7, 11) is 0. The van der Waals surface area contributed by atoms with E-state index in [1.165, 1.54) is 6.07 Å². The van der Waals surface area contributed by atoms with Crippen molar-refractivity contribution in [2.75, 3.05) is 0 Å². The zero-order chi connectivity index (χ0) is 12.6. The summed E-state index contributed by atoms with van der Waals surface area (Å²) < 4.78 is 27.0. The van der Waals surface area contributed by atoms with E-state index >= 15 is 0 Å². The van der Waals surface area contributed by atoms with Crippen LogP contribution >= 0.6 is 23.2 Å². The quantitative estimate of drug-likeness (QED) is 0.623. The Labute approximate surface area is 108 Å². The summed E-state index contributed by atoms with van der Waals surface area (Å²) in [4.78, 5) is 0. The highest BCUT2D eigenvalue weighted by Crippen LogP contribution is 2.31. The third-order valence-electron chi connectivity index (χ3n) is 2.56. The van der Waals surface area contributed by atoms with Gasteiger partial charge in [-0.1, -0.05) is 35.3 Å². The first-order valence-electron chi connectivity index (χ1n) is 4.90. The van der Waals surface area contributed by atoms with Gasteiger partial charge < -0.3 is 0 Å². The van der Waals surface area contributed by atoms with Gasteiger partial charge in [-0.05, 0) is 41.8 Å². The van der Waals surface area contributed by atoms with Crippen LogP contribution in [0.5, 0.6) is 0 Å². The van der Waals surface area contributed by atoms with Crippen LogP contribution in [0.15, 0.2) is 30.3 Å². The molecular weight excluding hydrogens is 265 g/mol. The van der Waals surface area contributed by atoms with Gasteiger partial charge in [0.15, 0.2) is 0 Å². The Hall–Kier alpha value is -1.12. The van der Waals surface area contributed by atoms with Crippen molar-refractivity contribution in [3.63, 3.8) is 0 Å². The topological polar surface area (TPSA) is 0 Å². The molecule has 0 bridgehead atoms. The van der Waals surface area contributed by atoms with Crippen LogP contribution in [0, 0.1) is 18.6 Å². The summed E-state index contributed by atoms with van der Waals surface area (Å²) in [5, 5.41) is 0.0986. The first-order valence-corrected chi connectivity index (χ1v) is 5.66. The molecule has 0 aromatic heterocycles. The molecule has 0 unspecified atom stereocenters. The van der Waals surface area contributed by atoms with E-state index in [0.29, 0.717) is 21.7 Å². The van der Waals surface area contributed by atoms with Crippen molar-refractivity contribution >= 4 is 23.2 Å². The summed E-state index contributed by atoms with van der Waals surface area (Å²) in [6.07, 6.45) is 0. The minimum Gasteiger partial charge on any atom is -0.205 e. The van der Waals surface area contributed by atoms with Crippen molar-refractivity contribution in [1.82, 2.24) is 0 Å². The summed E-state index contributed by atoms with van der Waals surface area (Å²) in [5.74, 6) is -1.49. The number of hydrogen-bond donors (Lipinski definition) is 0. The molecule has 17 heavy (non-hydrogen) atoms. The van der Waals surface area contributed by atoms with Crippen molar-refractivity contribution in [2.24, 2.45) is 0 Å². The number of hydrogen-bond acceptors (Lipinski definition) is 0. The van der Waals surface area contributed by atoms with Gasteiger partial charge in [0.1, 0.15) is 16.7 Å². The highest BCUT2D eigenvalue weighted by molar-refractivity contribution is 6.31. The number of halogens is 4. The van der Waals surface area contributed by atoms with Gasteiger partial charge in [-0.2, -0.15) is 0 Å². The van der Waals surface area contributed by atoms with E-state index in [0.717, 1.165) is 0 Å². The van der Waals surface area contributed by atoms with E-state index < -0.39 is 16.7 Å². The van der Waals surface area contributed by atoms with Crippen molar-refractivity contribution in [2.45, 2.75) is 6.92 Å². The van der Waals surface area contributed by atoms with Crippen LogP contribution in [-0.4, -0.2) is 0 Å². The predicted molar refractivity (Wildman–Crippen MR) is 66.6 cm³/mol. The van der Waals surface area contributed by atoms with Gasteiger partial charge >= 0.3 is 0 Å². The maximum atomic E-state index is 13.6. The van der Waals surface area contributed by atoms with Crippen molar-refractivity contribution in [3.8, 4) is 11.1 Å². The zero-order valence-corrected chi connectivity index (χ0v) is 10.4. The van der Waals surface area contributed by atoms with Gasteiger partial charge in [-0.25, -0.2) is 8.78 Å². The molecule has 2 aromatic rings. The summed E-state index contributed by atoms with van der Waals surface area (Å²) in [6, 6.07) is 7.97. The molecule has 88 valence electrons. The van der Waals surface area contributed by atoms with Gasteiger partial charge in [0.05, 0.1) is 0 Å². The summed E-state index contributed by atoms with van der Waals surface area (Å²) >= 11 is 11.3. The molecule has 0 amide bonds. The van der Waals surface area contributed by atoms with E-state index in [-0.39, 0.29) is 0 Å². The largest absolute Gasteiger partial charge is 0.205 e. The Kier molecular flexibility index (Phi) is 3.36. The zero-order valence-electron chi connectivity index (χ0n) is 8.90. The van der Waals surface area contributed by atoms with E-state index in [9.17, 15) is 8.78 Å². The molecule has 0 N–H and O–H groups in total. The van der Waals surface area contributed by atoms with Crippen LogP contribution in [0.2, 0.25) is 10.0 Å². The molecule has 0 radical (unpaired) electrons. The normalized spacial score (nSPS) is 10.6. The van der Waals surface area contributed by atoms with E-state index in [1.807, 2.05) is 0 Å². The molecule has 0 aliphatic carbocycles. The summed E-state index contributed by atoms with van der Waals surface area (Å²) in [6.45, 7) is 1.56. The molecule has 0 saturated carbocycles. The lowest BCUT2D eigenvalue weighted by Crippen LogP contribution is -1.93. The fourth-order valence-electron chi connectivity index (χ4n) is 1.62. The summed E-state index contributed by atoms with van der Waals surface area (Å²) in [5.41, 5.74) is 1.49. The standard InChI is InChI=1S/C13H8Cl2F2/c1-7-10(6-11(16)12(15)13(7)17)8-2-4-9(14)5-3-8/h2-6H,1H3. The van der Waals surface area contributed by atoms with Crippen LogP contribution in [0.4, 0.5) is 8.78 Å². The second-order valence-electron chi connectivity index (χ2n) is 3.67. The molecule has 0 atom stereocenters. The van der Waals surface area contributed by atoms with Gasteiger partial charge in [-0.15, -0.1) is 0 Å². The Bertz CT molecular complexity index is 563. The molecule has 0 aliphatic heterocycles. The van der Waals surface area contributed by atoms with Crippen LogP contribution in [0.3, 0.4) is 0 Å². The Morgan fingerprint density at radius 3 is 2.18 bits per heavy atom. The SMILES string of the molecule is Cc1c(-c2ccc(Cl)cc2)cc(F)c(Cl)c1F. The fourth-order valence-corrected chi connectivity index (χ4v) is 1.94. The Morgan fingerprint density at radius 2 is 1.59 bits per heavy atom. The molecule has 0 saturated heterocycles. The minimum atomic E-state index is -0.764. The lowest BCUT2D eigenvalue weighted by Gasteiger charge is -2.09. The van der Waals surface area contributed by atoms with Crippen LogP contribution < -0.4 is 0 Å². The second kappa shape index (κ2) is 4.63. The van der Waals surface area contributed by atoms with E-state index in [2.05, 4.69) is 0 Å². The average molecular weight is 273 g/mol. The van der Waals surface area contributed by atoms with Crippen LogP contribution in [-0.2, 0) is 0 Å². The smallest absolute Gasteiger partial charge is 0.148 e. The second-order valence-corrected chi connectivity index (χ2v) is 4.48. The van der Waals surface area contributed by atoms with Gasteiger partial charge in [0, 0.05) is 5.02 Å². The molecule has 0 heterocycles. The minimum absolute atomic E-state index is 0.318. The van der Waals surface area contributed by atoms with Gasteiger partial charge in [-0.3, -0.25) is 0 Å². The van der Waals surface area contributed by atoms with Crippen molar-refractivity contribution < 1.29 is 8.78 Å². The molecule has 2 rings (SSSR count). The van der Waals surface area contributed by atoms with Crippen LogP contribution in [0.1, 0.15) is 5.56 Å². The molecular formula is C13H8Cl2F2. The first-order chi connectivity index (χ1) is 8.00. The maximum absolute atomic E-state index is 13.6. The molecule has 0 aliphatic rings. The predicted octanol–water partition coefficient (Wildman–Crippen LogP) is 5.25. The molecule has 0 spiro atoms. The first kappa shape index (κ1) is 12.3. The number of rotatable bonds is 1. The monoisotopic (exact) mass is 272 g/mol. The fraction of sp³-hybridized carbons (Fsp3) is 0.0769. The maximum Gasteiger partial charge on any atom is 0.148 e. The van der Waals surface area contributed by atoms with Crippen molar-refractivity contribution in [1.29, 1.82) is 0 Å². The van der Waals surface area contributed by atoms with E-state index in [1.54, 1.807) is 31.2 Å². The average Bonchev–Trinajstić information content (AvgIpc) is 2.32. The van der Waals surface area contributed by atoms with Crippen LogP contribution in [0.25, 0.3) is 11.1 Å². The lowest BCUT2D eigenvalue weighted by atomic mass is 10.00. The van der Waals surface area contributed by atoms with Gasteiger partial charge in [0.2, 0.25) is 0 Å². The lowest BCUT2D eigenvalue weighted by molar-refractivity contribution is 0.579. The van der Waals surface area contributed by atoms with Gasteiger partial charge in [0.25, 0.3) is 0 Å². The Morgan fingerprint density at radius 1 is 1.00 bits per heavy atom. The van der Waals surface area contributed by atoms with Crippen molar-refractivity contribution in [3.05, 3.63) is 57.6 Å². The third kappa shape index (κ3) is 2.28. The molecule has 0 nitrogen and oxygen atoms in total.